The highest BCUT2D eigenvalue weighted by atomic mass is 19.3. The number of hydrogen-bond donors (Lipinski definition) is 2. The van der Waals surface area contributed by atoms with Gasteiger partial charge in [-0.2, -0.15) is 8.78 Å². The lowest BCUT2D eigenvalue weighted by atomic mass is 10.1. The first-order valence-corrected chi connectivity index (χ1v) is 10.4. The number of hydrogen-bond acceptors (Lipinski definition) is 4. The number of halogens is 4. The molecule has 12 heteroatoms. The summed E-state index contributed by atoms with van der Waals surface area (Å²) in [6.07, 6.45) is -1.79. The molecule has 2 rings (SSSR count). The molecule has 8 nitrogen and oxygen atoms in total. The fourth-order valence-corrected chi connectivity index (χ4v) is 3.68. The third kappa shape index (κ3) is 11.1. The Morgan fingerprint density at radius 1 is 0.938 bits per heavy atom. The van der Waals surface area contributed by atoms with Crippen molar-refractivity contribution < 1.29 is 36.7 Å². The fourth-order valence-electron chi connectivity index (χ4n) is 3.68. The average Bonchev–Trinajstić information content (AvgIpc) is 3.15. The van der Waals surface area contributed by atoms with Crippen molar-refractivity contribution in [2.24, 2.45) is 23.3 Å². The second-order valence-corrected chi connectivity index (χ2v) is 7.94. The van der Waals surface area contributed by atoms with Gasteiger partial charge in [0.05, 0.1) is 0 Å². The monoisotopic (exact) mass is 466 g/mol. The van der Waals surface area contributed by atoms with Crippen molar-refractivity contribution in [1.82, 2.24) is 9.80 Å². The molecule has 2 aliphatic heterocycles. The predicted molar refractivity (Wildman–Crippen MR) is 107 cm³/mol. The van der Waals surface area contributed by atoms with Crippen LogP contribution in [0.15, 0.2) is 12.2 Å². The topological polar surface area (TPSA) is 127 Å². The van der Waals surface area contributed by atoms with Gasteiger partial charge in [-0.1, -0.05) is 0 Å². The Morgan fingerprint density at radius 3 is 1.91 bits per heavy atom. The van der Waals surface area contributed by atoms with Gasteiger partial charge in [0.25, 0.3) is 6.08 Å². The van der Waals surface area contributed by atoms with Crippen molar-refractivity contribution in [1.29, 1.82) is 0 Å². The second-order valence-electron chi connectivity index (χ2n) is 7.94. The number of nitrogens with two attached hydrogens (primary N) is 2. The van der Waals surface area contributed by atoms with E-state index < -0.39 is 30.2 Å². The molecule has 0 aliphatic carbocycles. The third-order valence-corrected chi connectivity index (χ3v) is 5.11. The van der Waals surface area contributed by atoms with Gasteiger partial charge in [-0.25, -0.2) is 8.78 Å². The molecule has 32 heavy (non-hydrogen) atoms. The summed E-state index contributed by atoms with van der Waals surface area (Å²) in [6, 6.07) is 0. The molecule has 0 bridgehead atoms. The summed E-state index contributed by atoms with van der Waals surface area (Å²) in [6.45, 7) is 1.51. The van der Waals surface area contributed by atoms with Crippen molar-refractivity contribution in [2.45, 2.75) is 51.4 Å². The molecule has 0 aromatic rings. The van der Waals surface area contributed by atoms with Crippen molar-refractivity contribution in [2.75, 3.05) is 26.2 Å². The summed E-state index contributed by atoms with van der Waals surface area (Å²) in [5.74, 6) is -1.73. The Hall–Kier alpha value is -2.66. The molecule has 2 heterocycles. The maximum atomic E-state index is 12.1. The van der Waals surface area contributed by atoms with Crippen LogP contribution < -0.4 is 11.5 Å². The van der Waals surface area contributed by atoms with Crippen LogP contribution in [-0.2, 0) is 19.2 Å². The number of carbonyl (C=O) groups excluding carboxylic acids is 4. The van der Waals surface area contributed by atoms with Crippen molar-refractivity contribution in [3.63, 3.8) is 0 Å². The van der Waals surface area contributed by atoms with Gasteiger partial charge in [-0.05, 0) is 24.8 Å². The van der Waals surface area contributed by atoms with Crippen LogP contribution >= 0.6 is 0 Å². The first kappa shape index (κ1) is 27.4. The van der Waals surface area contributed by atoms with Crippen molar-refractivity contribution >= 4 is 23.6 Å². The largest absolute Gasteiger partial charge is 0.370 e. The molecule has 2 saturated heterocycles. The summed E-state index contributed by atoms with van der Waals surface area (Å²) in [5, 5.41) is 0. The van der Waals surface area contributed by atoms with E-state index in [9.17, 15) is 36.7 Å². The van der Waals surface area contributed by atoms with Gasteiger partial charge in [0.1, 0.15) is 0 Å². The minimum Gasteiger partial charge on any atom is -0.370 e. The Labute approximate surface area is 183 Å². The molecule has 0 spiro atoms. The summed E-state index contributed by atoms with van der Waals surface area (Å²) >= 11 is 0. The maximum Gasteiger partial charge on any atom is 0.266 e. The number of carbonyl (C=O) groups is 4. The zero-order chi connectivity index (χ0) is 24.3. The zero-order valence-electron chi connectivity index (χ0n) is 17.8. The molecule has 182 valence electrons. The second kappa shape index (κ2) is 13.7. The lowest BCUT2D eigenvalue weighted by Crippen LogP contribution is -2.27. The average molecular weight is 466 g/mol. The van der Waals surface area contributed by atoms with Crippen LogP contribution in [0.25, 0.3) is 0 Å². The lowest BCUT2D eigenvalue weighted by molar-refractivity contribution is -0.128. The third-order valence-electron chi connectivity index (χ3n) is 5.11. The molecule has 0 aromatic carbocycles. The van der Waals surface area contributed by atoms with E-state index in [0.29, 0.717) is 39.0 Å². The number of primary amides is 2. The minimum absolute atomic E-state index is 0.102. The standard InChI is InChI=1S/C10H16F2N2O2.C10H14F2N2O2/c2*11-8(12)4-7-5-10(16)14(6-7)3-1-2-9(13)15/h7-8H,1-6H2,(H2,13,15);4,7H,1-3,5-6H2,(H2,13,15). The molecule has 0 radical (unpaired) electrons. The molecule has 2 atom stereocenters. The fraction of sp³-hybridized carbons (Fsp3) is 0.700. The summed E-state index contributed by atoms with van der Waals surface area (Å²) in [5.41, 5.74) is 9.92. The van der Waals surface area contributed by atoms with E-state index in [-0.39, 0.29) is 49.8 Å². The van der Waals surface area contributed by atoms with Crippen molar-refractivity contribution in [3.05, 3.63) is 12.2 Å². The smallest absolute Gasteiger partial charge is 0.266 e. The maximum absolute atomic E-state index is 12.1. The summed E-state index contributed by atoms with van der Waals surface area (Å²) < 4.78 is 48.2. The van der Waals surface area contributed by atoms with Gasteiger partial charge in [0.2, 0.25) is 30.1 Å². The van der Waals surface area contributed by atoms with Crippen molar-refractivity contribution in [3.8, 4) is 0 Å². The van der Waals surface area contributed by atoms with Crippen LogP contribution in [0.4, 0.5) is 17.6 Å². The molecule has 0 saturated carbocycles. The van der Waals surface area contributed by atoms with Crippen LogP contribution in [0.1, 0.15) is 44.9 Å². The predicted octanol–water partition coefficient (Wildman–Crippen LogP) is 1.64. The molecule has 2 fully saturated rings. The Balaban J connectivity index is 0.000000320. The van der Waals surface area contributed by atoms with Gasteiger partial charge in [-0.3, -0.25) is 19.2 Å². The van der Waals surface area contributed by atoms with E-state index >= 15 is 0 Å². The molecule has 2 aliphatic rings. The van der Waals surface area contributed by atoms with E-state index in [4.69, 9.17) is 11.5 Å². The highest BCUT2D eigenvalue weighted by molar-refractivity contribution is 5.79. The molecular weight excluding hydrogens is 436 g/mol. The van der Waals surface area contributed by atoms with E-state index in [1.807, 2.05) is 0 Å². The lowest BCUT2D eigenvalue weighted by Gasteiger charge is -2.15. The van der Waals surface area contributed by atoms with E-state index in [2.05, 4.69) is 0 Å². The van der Waals surface area contributed by atoms with Gasteiger partial charge >= 0.3 is 0 Å². The van der Waals surface area contributed by atoms with Crippen LogP contribution in [0.5, 0.6) is 0 Å². The SMILES string of the molecule is NC(=O)CCCN1CC(C=C(F)F)CC1=O.NC(=O)CCCN1CC(CC(F)F)CC1=O. The highest BCUT2D eigenvalue weighted by Crippen LogP contribution is 2.24. The summed E-state index contributed by atoms with van der Waals surface area (Å²) in [7, 11) is 0. The quantitative estimate of drug-likeness (QED) is 0.449. The number of nitrogens with zero attached hydrogens (tertiary/aromatic N) is 2. The van der Waals surface area contributed by atoms with E-state index in [1.165, 1.54) is 9.80 Å². The number of rotatable bonds is 11. The first-order valence-electron chi connectivity index (χ1n) is 10.4. The van der Waals surface area contributed by atoms with Gasteiger partial charge in [-0.15, -0.1) is 0 Å². The Kier molecular flexibility index (Phi) is 11.7. The van der Waals surface area contributed by atoms with E-state index in [0.717, 1.165) is 6.08 Å². The molecule has 0 aromatic heterocycles. The minimum atomic E-state index is -2.36. The van der Waals surface area contributed by atoms with Crippen LogP contribution in [0, 0.1) is 11.8 Å². The van der Waals surface area contributed by atoms with Gasteiger partial charge in [0, 0.05) is 64.2 Å². The number of likely N-dealkylation sites (tertiary alicyclic amines) is 2. The zero-order valence-corrected chi connectivity index (χ0v) is 17.8. The van der Waals surface area contributed by atoms with E-state index in [1.54, 1.807) is 0 Å². The highest BCUT2D eigenvalue weighted by Gasteiger charge is 2.31. The molecule has 4 amide bonds. The van der Waals surface area contributed by atoms with Crippen LogP contribution in [0.3, 0.4) is 0 Å². The van der Waals surface area contributed by atoms with Crippen LogP contribution in [0.2, 0.25) is 0 Å². The molecule has 4 N–H and O–H groups in total. The van der Waals surface area contributed by atoms with Gasteiger partial charge < -0.3 is 21.3 Å². The Morgan fingerprint density at radius 2 is 1.44 bits per heavy atom. The number of alkyl halides is 2. The van der Waals surface area contributed by atoms with Gasteiger partial charge in [0.15, 0.2) is 0 Å². The Bertz CT molecular complexity index is 701. The molecule has 2 unspecified atom stereocenters. The first-order chi connectivity index (χ1) is 15.0. The summed E-state index contributed by atoms with van der Waals surface area (Å²) in [4.78, 5) is 46.8. The van der Waals surface area contributed by atoms with Crippen LogP contribution in [-0.4, -0.2) is 66.0 Å². The number of amides is 4. The molecular formula is C20H30F4N4O4. The normalized spacial score (nSPS) is 20.4.